The fraction of sp³-hybridized carbons (Fsp3) is 0. The maximum absolute atomic E-state index is 13.4. The molecule has 3 N–H and O–H groups in total. The number of H-pyrrole nitrogens is 1. The van der Waals surface area contributed by atoms with Crippen molar-refractivity contribution in [3.05, 3.63) is 106 Å². The van der Waals surface area contributed by atoms with Crippen LogP contribution < -0.4 is 11.3 Å². The minimum atomic E-state index is -0.526. The third-order valence-electron chi connectivity index (χ3n) is 5.10. The minimum absolute atomic E-state index is 0.154. The van der Waals surface area contributed by atoms with Crippen molar-refractivity contribution in [1.29, 1.82) is 0 Å². The molecular formula is C25H18N6O2S. The number of nitrogens with two attached hydrogens (primary N) is 1. The highest BCUT2D eigenvalue weighted by molar-refractivity contribution is 7.12. The Labute approximate surface area is 198 Å². The Morgan fingerprint density at radius 1 is 0.882 bits per heavy atom. The number of nitrogens with one attached hydrogen (secondary N) is 1. The molecule has 166 valence electrons. The van der Waals surface area contributed by atoms with Crippen LogP contribution in [0.15, 0.2) is 105 Å². The van der Waals surface area contributed by atoms with Crippen LogP contribution >= 0.6 is 11.3 Å². The Morgan fingerprint density at radius 3 is 2.18 bits per heavy atom. The van der Waals surface area contributed by atoms with E-state index in [0.717, 1.165) is 16.8 Å². The summed E-state index contributed by atoms with van der Waals surface area (Å²) in [7, 11) is 0. The SMILES string of the molecule is NC(=O)c1ccc(N=Nc2c(-c3ccccc3)[nH]n(-c3nc(-c4ccccc4)cs3)c2=O)cc1. The van der Waals surface area contributed by atoms with Gasteiger partial charge in [0.1, 0.15) is 0 Å². The molecule has 5 aromatic rings. The quantitative estimate of drug-likeness (QED) is 0.323. The van der Waals surface area contributed by atoms with Crippen LogP contribution in [0.1, 0.15) is 10.4 Å². The van der Waals surface area contributed by atoms with Crippen molar-refractivity contribution < 1.29 is 4.79 Å². The molecule has 5 rings (SSSR count). The van der Waals surface area contributed by atoms with Crippen molar-refractivity contribution >= 4 is 28.6 Å². The first kappa shape index (κ1) is 21.2. The van der Waals surface area contributed by atoms with Crippen LogP contribution in [0.3, 0.4) is 0 Å². The lowest BCUT2D eigenvalue weighted by Gasteiger charge is -1.99. The number of aromatic amines is 1. The number of hydrogen-bond acceptors (Lipinski definition) is 6. The van der Waals surface area contributed by atoms with Gasteiger partial charge in [-0.25, -0.2) is 4.98 Å². The molecule has 0 atom stereocenters. The third-order valence-corrected chi connectivity index (χ3v) is 5.92. The number of rotatable bonds is 6. The van der Waals surface area contributed by atoms with E-state index in [1.165, 1.54) is 16.0 Å². The zero-order valence-electron chi connectivity index (χ0n) is 17.8. The molecule has 0 aliphatic rings. The molecular weight excluding hydrogens is 448 g/mol. The Balaban J connectivity index is 1.57. The average Bonchev–Trinajstić information content (AvgIpc) is 3.49. The summed E-state index contributed by atoms with van der Waals surface area (Å²) in [6, 6.07) is 25.5. The van der Waals surface area contributed by atoms with Crippen LogP contribution in [-0.4, -0.2) is 20.7 Å². The van der Waals surface area contributed by atoms with Crippen LogP contribution in [0.2, 0.25) is 0 Å². The van der Waals surface area contributed by atoms with Gasteiger partial charge in [-0.1, -0.05) is 60.7 Å². The zero-order valence-corrected chi connectivity index (χ0v) is 18.6. The molecule has 0 unspecified atom stereocenters. The van der Waals surface area contributed by atoms with Gasteiger partial charge in [0.05, 0.1) is 17.1 Å². The number of thiazole rings is 1. The maximum atomic E-state index is 13.4. The monoisotopic (exact) mass is 466 g/mol. The lowest BCUT2D eigenvalue weighted by Crippen LogP contribution is -2.13. The predicted molar refractivity (Wildman–Crippen MR) is 132 cm³/mol. The van der Waals surface area contributed by atoms with Gasteiger partial charge in [-0.3, -0.25) is 14.7 Å². The van der Waals surface area contributed by atoms with E-state index in [1.54, 1.807) is 24.3 Å². The Kier molecular flexibility index (Phi) is 5.67. The normalized spacial score (nSPS) is 11.2. The minimum Gasteiger partial charge on any atom is -0.366 e. The Morgan fingerprint density at radius 2 is 1.53 bits per heavy atom. The highest BCUT2D eigenvalue weighted by atomic mass is 32.1. The average molecular weight is 467 g/mol. The van der Waals surface area contributed by atoms with Crippen molar-refractivity contribution in [1.82, 2.24) is 14.8 Å². The van der Waals surface area contributed by atoms with Crippen LogP contribution in [0.4, 0.5) is 11.4 Å². The molecule has 0 aliphatic carbocycles. The molecule has 0 spiro atoms. The molecule has 2 aromatic heterocycles. The second-order valence-corrected chi connectivity index (χ2v) is 8.17. The lowest BCUT2D eigenvalue weighted by molar-refractivity contribution is 0.100. The molecule has 34 heavy (non-hydrogen) atoms. The van der Waals surface area contributed by atoms with Crippen molar-refractivity contribution in [3.63, 3.8) is 0 Å². The number of aromatic nitrogens is 3. The summed E-state index contributed by atoms with van der Waals surface area (Å²) in [4.78, 5) is 29.3. The molecule has 3 aromatic carbocycles. The van der Waals surface area contributed by atoms with Gasteiger partial charge in [-0.05, 0) is 24.3 Å². The first-order chi connectivity index (χ1) is 16.6. The number of azo groups is 1. The van der Waals surface area contributed by atoms with E-state index >= 15 is 0 Å². The summed E-state index contributed by atoms with van der Waals surface area (Å²) < 4.78 is 1.38. The number of hydrogen-bond donors (Lipinski definition) is 2. The number of nitrogens with zero attached hydrogens (tertiary/aromatic N) is 4. The van der Waals surface area contributed by atoms with Crippen molar-refractivity contribution in [2.24, 2.45) is 16.0 Å². The van der Waals surface area contributed by atoms with Gasteiger partial charge in [0.25, 0.3) is 0 Å². The van der Waals surface area contributed by atoms with Crippen molar-refractivity contribution in [3.8, 4) is 27.6 Å². The molecule has 0 radical (unpaired) electrons. The number of benzene rings is 3. The second kappa shape index (κ2) is 9.08. The van der Waals surface area contributed by atoms with Gasteiger partial charge in [0.15, 0.2) is 5.69 Å². The smallest absolute Gasteiger partial charge is 0.301 e. The predicted octanol–water partition coefficient (Wildman–Crippen LogP) is 5.47. The summed E-state index contributed by atoms with van der Waals surface area (Å²) in [6.45, 7) is 0. The van der Waals surface area contributed by atoms with Gasteiger partial charge >= 0.3 is 5.56 Å². The van der Waals surface area contributed by atoms with E-state index in [2.05, 4.69) is 20.3 Å². The molecule has 0 aliphatic heterocycles. The Bertz CT molecular complexity index is 1530. The lowest BCUT2D eigenvalue weighted by atomic mass is 10.1. The standard InChI is InChI=1S/C25H18N6O2S/c26-23(32)18-11-13-19(14-12-18)28-29-22-21(17-9-5-2-6-10-17)30-31(24(22)33)25-27-20(15-34-25)16-7-3-1-4-8-16/h1-15,30H,(H2,26,32). The first-order valence-electron chi connectivity index (χ1n) is 10.3. The highest BCUT2D eigenvalue weighted by Crippen LogP contribution is 2.29. The van der Waals surface area contributed by atoms with E-state index < -0.39 is 5.91 Å². The fourth-order valence-electron chi connectivity index (χ4n) is 3.37. The Hall–Kier alpha value is -4.63. The van der Waals surface area contributed by atoms with Crippen LogP contribution in [-0.2, 0) is 0 Å². The van der Waals surface area contributed by atoms with Gasteiger partial charge in [0, 0.05) is 22.1 Å². The van der Waals surface area contributed by atoms with Gasteiger partial charge in [-0.2, -0.15) is 9.80 Å². The van der Waals surface area contributed by atoms with Gasteiger partial charge in [-0.15, -0.1) is 16.5 Å². The highest BCUT2D eigenvalue weighted by Gasteiger charge is 2.19. The molecule has 2 heterocycles. The van der Waals surface area contributed by atoms with Crippen molar-refractivity contribution in [2.45, 2.75) is 0 Å². The molecule has 1 amide bonds. The van der Waals surface area contributed by atoms with Crippen molar-refractivity contribution in [2.75, 3.05) is 0 Å². The third kappa shape index (κ3) is 4.19. The van der Waals surface area contributed by atoms with E-state index in [1.807, 2.05) is 66.0 Å². The van der Waals surface area contributed by atoms with Crippen LogP contribution in [0, 0.1) is 0 Å². The zero-order chi connectivity index (χ0) is 23.5. The van der Waals surface area contributed by atoms with E-state index in [0.29, 0.717) is 22.1 Å². The molecule has 0 saturated heterocycles. The molecule has 8 nitrogen and oxygen atoms in total. The number of primary amides is 1. The van der Waals surface area contributed by atoms with E-state index in [-0.39, 0.29) is 11.2 Å². The number of amides is 1. The van der Waals surface area contributed by atoms with E-state index in [9.17, 15) is 9.59 Å². The summed E-state index contributed by atoms with van der Waals surface area (Å²) >= 11 is 1.35. The second-order valence-electron chi connectivity index (χ2n) is 7.33. The first-order valence-corrected chi connectivity index (χ1v) is 11.2. The van der Waals surface area contributed by atoms with Crippen LogP contribution in [0.25, 0.3) is 27.6 Å². The molecule has 9 heteroatoms. The number of carbonyl (C=O) groups excluding carboxylic acids is 1. The van der Waals surface area contributed by atoms with Gasteiger partial charge < -0.3 is 5.73 Å². The maximum Gasteiger partial charge on any atom is 0.301 e. The fourth-order valence-corrected chi connectivity index (χ4v) is 4.16. The number of carbonyl (C=O) groups is 1. The summed E-state index contributed by atoms with van der Waals surface area (Å²) in [5.74, 6) is -0.526. The largest absolute Gasteiger partial charge is 0.366 e. The summed E-state index contributed by atoms with van der Waals surface area (Å²) in [5.41, 5.74) is 8.98. The summed E-state index contributed by atoms with van der Waals surface area (Å²) in [6.07, 6.45) is 0. The molecule has 0 saturated carbocycles. The summed E-state index contributed by atoms with van der Waals surface area (Å²) in [5, 5.41) is 14.0. The van der Waals surface area contributed by atoms with Crippen LogP contribution in [0.5, 0.6) is 0 Å². The molecule has 0 fully saturated rings. The van der Waals surface area contributed by atoms with Gasteiger partial charge in [0.2, 0.25) is 11.0 Å². The van der Waals surface area contributed by atoms with E-state index in [4.69, 9.17) is 5.73 Å². The topological polar surface area (TPSA) is 118 Å². The molecule has 0 bridgehead atoms.